The molecule has 0 aliphatic carbocycles. The molecule has 0 amide bonds. The number of nitrogens with zero attached hydrogens (tertiary/aromatic N) is 1. The Labute approximate surface area is 294 Å². The van der Waals surface area contributed by atoms with Gasteiger partial charge in [0.1, 0.15) is 6.61 Å². The van der Waals surface area contributed by atoms with Gasteiger partial charge in [-0.3, -0.25) is 9.59 Å². The molecule has 1 N–H and O–H groups in total. The van der Waals surface area contributed by atoms with Crippen LogP contribution in [0.15, 0.2) is 24.3 Å². The number of esters is 2. The molecule has 0 fully saturated rings. The average Bonchev–Trinajstić information content (AvgIpc) is 3.03. The molecule has 0 rings (SSSR count). The zero-order chi connectivity index (χ0) is 35.7. The van der Waals surface area contributed by atoms with E-state index in [9.17, 15) is 19.5 Å². The van der Waals surface area contributed by atoms with E-state index in [0.29, 0.717) is 25.7 Å². The van der Waals surface area contributed by atoms with E-state index >= 15 is 0 Å². The molecule has 48 heavy (non-hydrogen) atoms. The fourth-order valence-electron chi connectivity index (χ4n) is 5.50. The van der Waals surface area contributed by atoms with Crippen molar-refractivity contribution >= 4 is 17.9 Å². The molecule has 0 aliphatic rings. The number of carbonyl (C=O) groups is 3. The van der Waals surface area contributed by atoms with Crippen molar-refractivity contribution in [1.82, 2.24) is 0 Å². The average molecular weight is 681 g/mol. The predicted octanol–water partition coefficient (Wildman–Crippen LogP) is 9.74. The molecule has 0 aliphatic heterocycles. The number of allylic oxidation sites excluding steroid dienone is 4. The number of aliphatic carboxylic acids is 1. The summed E-state index contributed by atoms with van der Waals surface area (Å²) in [6, 6.07) is -0.615. The van der Waals surface area contributed by atoms with Crippen LogP contribution in [0, 0.1) is 0 Å². The fourth-order valence-corrected chi connectivity index (χ4v) is 5.50. The molecule has 0 spiro atoms. The lowest BCUT2D eigenvalue weighted by Crippen LogP contribution is -2.50. The maximum absolute atomic E-state index is 12.6. The largest absolute Gasteiger partial charge is 0.477 e. The van der Waals surface area contributed by atoms with E-state index in [1.807, 2.05) is 21.1 Å². The number of quaternary nitrogens is 1. The van der Waals surface area contributed by atoms with Crippen molar-refractivity contribution in [2.45, 2.75) is 174 Å². The summed E-state index contributed by atoms with van der Waals surface area (Å²) < 4.78 is 17.1. The van der Waals surface area contributed by atoms with E-state index in [-0.39, 0.29) is 36.2 Å². The van der Waals surface area contributed by atoms with E-state index in [4.69, 9.17) is 14.2 Å². The molecule has 0 heterocycles. The maximum Gasteiger partial charge on any atom is 0.362 e. The lowest BCUT2D eigenvalue weighted by molar-refractivity contribution is -0.887. The van der Waals surface area contributed by atoms with Gasteiger partial charge in [0.05, 0.1) is 34.4 Å². The summed E-state index contributed by atoms with van der Waals surface area (Å²) in [4.78, 5) is 36.7. The van der Waals surface area contributed by atoms with Gasteiger partial charge in [-0.2, -0.15) is 0 Å². The third kappa shape index (κ3) is 29.9. The van der Waals surface area contributed by atoms with Crippen LogP contribution in [-0.4, -0.2) is 80.6 Å². The quantitative estimate of drug-likeness (QED) is 0.0313. The molecule has 2 atom stereocenters. The number of likely N-dealkylation sites (N-methyl/N-ethyl adjacent to an activating group) is 1. The molecule has 0 radical (unpaired) electrons. The lowest BCUT2D eigenvalue weighted by atomic mass is 10.1. The van der Waals surface area contributed by atoms with Crippen LogP contribution in [0.5, 0.6) is 0 Å². The summed E-state index contributed by atoms with van der Waals surface area (Å²) in [6.45, 7) is 4.64. The Balaban J connectivity index is 4.42. The number of unbranched alkanes of at least 4 members (excludes halogenated alkanes) is 16. The van der Waals surface area contributed by atoms with Crippen molar-refractivity contribution < 1.29 is 38.2 Å². The minimum absolute atomic E-state index is 0.0529. The normalized spacial score (nSPS) is 13.3. The van der Waals surface area contributed by atoms with Crippen LogP contribution in [0.25, 0.3) is 0 Å². The summed E-state index contributed by atoms with van der Waals surface area (Å²) in [5, 5.41) is 9.57. The molecule has 8 heteroatoms. The Morgan fingerprint density at radius 1 is 0.604 bits per heavy atom. The smallest absolute Gasteiger partial charge is 0.362 e. The van der Waals surface area contributed by atoms with Crippen molar-refractivity contribution in [2.24, 2.45) is 0 Å². The van der Waals surface area contributed by atoms with Crippen LogP contribution in [0.3, 0.4) is 0 Å². The summed E-state index contributed by atoms with van der Waals surface area (Å²) >= 11 is 0. The number of hydrogen-bond acceptors (Lipinski definition) is 6. The van der Waals surface area contributed by atoms with Crippen LogP contribution in [-0.2, 0) is 28.6 Å². The monoisotopic (exact) mass is 681 g/mol. The van der Waals surface area contributed by atoms with E-state index in [2.05, 4.69) is 38.2 Å². The summed E-state index contributed by atoms with van der Waals surface area (Å²) in [6.07, 6.45) is 32.3. The lowest BCUT2D eigenvalue weighted by Gasteiger charge is -2.31. The van der Waals surface area contributed by atoms with Gasteiger partial charge < -0.3 is 23.8 Å². The second-order valence-electron chi connectivity index (χ2n) is 14.2. The second kappa shape index (κ2) is 32.0. The highest BCUT2D eigenvalue weighted by Crippen LogP contribution is 2.13. The third-order valence-electron chi connectivity index (χ3n) is 8.57. The van der Waals surface area contributed by atoms with Gasteiger partial charge in [0.25, 0.3) is 0 Å². The maximum atomic E-state index is 12.6. The van der Waals surface area contributed by atoms with E-state index < -0.39 is 18.1 Å². The van der Waals surface area contributed by atoms with E-state index in [1.54, 1.807) is 0 Å². The number of rotatable bonds is 34. The summed E-state index contributed by atoms with van der Waals surface area (Å²) in [5.41, 5.74) is 0. The van der Waals surface area contributed by atoms with Crippen molar-refractivity contribution in [3.8, 4) is 0 Å². The molecule has 0 saturated carbocycles. The first-order chi connectivity index (χ1) is 23.1. The molecule has 0 saturated heterocycles. The molecule has 280 valence electrons. The van der Waals surface area contributed by atoms with Crippen LogP contribution in [0.2, 0.25) is 0 Å². The number of carboxylic acids is 1. The highest BCUT2D eigenvalue weighted by atomic mass is 16.6. The van der Waals surface area contributed by atoms with Gasteiger partial charge in [0.15, 0.2) is 12.1 Å². The third-order valence-corrected chi connectivity index (χ3v) is 8.57. The van der Waals surface area contributed by atoms with Gasteiger partial charge in [-0.1, -0.05) is 109 Å². The first-order valence-corrected chi connectivity index (χ1v) is 19.4. The number of ether oxygens (including phenoxy) is 3. The number of carboxylic acid groups (broad SMARTS) is 1. The Kier molecular flexibility index (Phi) is 30.6. The Morgan fingerprint density at radius 3 is 1.56 bits per heavy atom. The first kappa shape index (κ1) is 45.8. The molecule has 0 bridgehead atoms. The van der Waals surface area contributed by atoms with Crippen LogP contribution in [0.4, 0.5) is 0 Å². The molecule has 8 nitrogen and oxygen atoms in total. The van der Waals surface area contributed by atoms with Gasteiger partial charge in [-0.15, -0.1) is 0 Å². The second-order valence-corrected chi connectivity index (χ2v) is 14.2. The highest BCUT2D eigenvalue weighted by molar-refractivity contribution is 5.72. The summed E-state index contributed by atoms with van der Waals surface area (Å²) in [7, 11) is 5.51. The van der Waals surface area contributed by atoms with E-state index in [1.165, 1.54) is 89.9 Å². The molecule has 0 aromatic carbocycles. The summed E-state index contributed by atoms with van der Waals surface area (Å²) in [5.74, 6) is -1.52. The molecular formula is C40H74NO7+. The van der Waals surface area contributed by atoms with Crippen molar-refractivity contribution in [3.05, 3.63) is 24.3 Å². The van der Waals surface area contributed by atoms with E-state index in [0.717, 1.165) is 32.1 Å². The van der Waals surface area contributed by atoms with Gasteiger partial charge >= 0.3 is 17.9 Å². The molecule has 2 unspecified atom stereocenters. The van der Waals surface area contributed by atoms with Gasteiger partial charge in [-0.05, 0) is 57.8 Å². The number of hydrogen-bond donors (Lipinski definition) is 1. The Bertz CT molecular complexity index is 849. The minimum Gasteiger partial charge on any atom is -0.477 e. The van der Waals surface area contributed by atoms with Crippen molar-refractivity contribution in [1.29, 1.82) is 0 Å². The Morgan fingerprint density at radius 2 is 1.06 bits per heavy atom. The first-order valence-electron chi connectivity index (χ1n) is 19.4. The van der Waals surface area contributed by atoms with Crippen LogP contribution >= 0.6 is 0 Å². The van der Waals surface area contributed by atoms with Gasteiger partial charge in [0.2, 0.25) is 0 Å². The Hall–Kier alpha value is -2.19. The van der Waals surface area contributed by atoms with Gasteiger partial charge in [0, 0.05) is 19.3 Å². The molecule has 0 aromatic heterocycles. The standard InChI is InChI=1S/C40H73NO7/c1-6-8-10-12-14-16-17-18-19-20-21-23-25-27-29-31-39(43)48-36(34-46-33-32-37(40(44)45)41(3,4)5)35-47-38(42)30-28-26-24-22-15-13-11-9-7-2/h16-17,22,24,36-37H,6-15,18-21,23,25-35H2,1-5H3/p+1/b17-16+,24-22+. The van der Waals surface area contributed by atoms with Crippen molar-refractivity contribution in [2.75, 3.05) is 41.0 Å². The predicted molar refractivity (Wildman–Crippen MR) is 197 cm³/mol. The molecular weight excluding hydrogens is 606 g/mol. The van der Waals surface area contributed by atoms with Crippen molar-refractivity contribution in [3.63, 3.8) is 0 Å². The topological polar surface area (TPSA) is 99.1 Å². The number of carbonyl (C=O) groups excluding carboxylic acids is 2. The minimum atomic E-state index is -0.880. The SMILES string of the molecule is CCCCCC/C=C/CCCCCCCCCC(=O)OC(COCCC(C(=O)O)[N+](C)(C)C)COC(=O)CCC/C=C/CCCCCC. The van der Waals surface area contributed by atoms with Crippen LogP contribution < -0.4 is 0 Å². The zero-order valence-electron chi connectivity index (χ0n) is 31.7. The van der Waals surface area contributed by atoms with Crippen LogP contribution in [0.1, 0.15) is 162 Å². The molecule has 0 aromatic rings. The van der Waals surface area contributed by atoms with Gasteiger partial charge in [-0.25, -0.2) is 4.79 Å². The fraction of sp³-hybridized carbons (Fsp3) is 0.825. The highest BCUT2D eigenvalue weighted by Gasteiger charge is 2.31. The zero-order valence-corrected chi connectivity index (χ0v) is 31.7.